The summed E-state index contributed by atoms with van der Waals surface area (Å²) in [6.07, 6.45) is 1.45. The van der Waals surface area contributed by atoms with Crippen molar-refractivity contribution in [3.63, 3.8) is 0 Å². The number of rotatable bonds is 5. The maximum Gasteiger partial charge on any atom is 0.260 e. The molecule has 128 valence electrons. The van der Waals surface area contributed by atoms with Gasteiger partial charge in [-0.15, -0.1) is 0 Å². The van der Waals surface area contributed by atoms with E-state index in [1.807, 2.05) is 35.8 Å². The first kappa shape index (κ1) is 16.5. The molecule has 7 nitrogen and oxygen atoms in total. The molecule has 0 atom stereocenters. The van der Waals surface area contributed by atoms with Crippen LogP contribution in [-0.4, -0.2) is 33.9 Å². The fraction of sp³-hybridized carbons (Fsp3) is 0.167. The smallest absolute Gasteiger partial charge is 0.260 e. The molecule has 0 radical (unpaired) electrons. The van der Waals surface area contributed by atoms with Crippen LogP contribution in [0.15, 0.2) is 47.6 Å². The predicted octanol–water partition coefficient (Wildman–Crippen LogP) is 2.21. The number of hydrazone groups is 1. The SMILES string of the molecule is COc1ccc(/C=N\NC(=O)Cn2c(C)nc3ccccc32)cc1O. The van der Waals surface area contributed by atoms with Crippen molar-refractivity contribution >= 4 is 23.2 Å². The van der Waals surface area contributed by atoms with Gasteiger partial charge in [-0.25, -0.2) is 10.4 Å². The van der Waals surface area contributed by atoms with E-state index in [2.05, 4.69) is 15.5 Å². The highest BCUT2D eigenvalue weighted by Gasteiger charge is 2.10. The van der Waals surface area contributed by atoms with Gasteiger partial charge in [0.2, 0.25) is 0 Å². The molecule has 0 aliphatic carbocycles. The summed E-state index contributed by atoms with van der Waals surface area (Å²) in [5, 5.41) is 13.6. The molecule has 25 heavy (non-hydrogen) atoms. The van der Waals surface area contributed by atoms with E-state index in [9.17, 15) is 9.90 Å². The number of hydrogen-bond donors (Lipinski definition) is 2. The first-order valence-electron chi connectivity index (χ1n) is 7.69. The van der Waals surface area contributed by atoms with Gasteiger partial charge in [-0.1, -0.05) is 12.1 Å². The number of nitrogens with one attached hydrogen (secondary N) is 1. The Morgan fingerprint density at radius 3 is 2.92 bits per heavy atom. The number of ether oxygens (including phenoxy) is 1. The first-order chi connectivity index (χ1) is 12.1. The van der Waals surface area contributed by atoms with E-state index in [0.29, 0.717) is 11.3 Å². The van der Waals surface area contributed by atoms with Crippen LogP contribution >= 0.6 is 0 Å². The minimum absolute atomic E-state index is 0.0123. The molecule has 1 heterocycles. The Balaban J connectivity index is 1.66. The predicted molar refractivity (Wildman–Crippen MR) is 94.9 cm³/mol. The summed E-state index contributed by atoms with van der Waals surface area (Å²) >= 11 is 0. The normalized spacial score (nSPS) is 11.1. The van der Waals surface area contributed by atoms with Crippen molar-refractivity contribution in [1.82, 2.24) is 15.0 Å². The van der Waals surface area contributed by atoms with E-state index < -0.39 is 0 Å². The number of hydrogen-bond acceptors (Lipinski definition) is 5. The van der Waals surface area contributed by atoms with Crippen LogP contribution in [0.2, 0.25) is 0 Å². The van der Waals surface area contributed by atoms with Crippen molar-refractivity contribution < 1.29 is 14.6 Å². The average Bonchev–Trinajstić information content (AvgIpc) is 2.91. The van der Waals surface area contributed by atoms with Crippen molar-refractivity contribution in [3.8, 4) is 11.5 Å². The lowest BCUT2D eigenvalue weighted by atomic mass is 10.2. The van der Waals surface area contributed by atoms with Crippen molar-refractivity contribution in [2.24, 2.45) is 5.10 Å². The van der Waals surface area contributed by atoms with Gasteiger partial charge in [0.05, 0.1) is 24.4 Å². The number of para-hydroxylation sites is 2. The Morgan fingerprint density at radius 2 is 2.16 bits per heavy atom. The molecular formula is C18H18N4O3. The number of nitrogens with zero attached hydrogens (tertiary/aromatic N) is 3. The van der Waals surface area contributed by atoms with Crippen molar-refractivity contribution in [3.05, 3.63) is 53.9 Å². The van der Waals surface area contributed by atoms with Crippen LogP contribution in [-0.2, 0) is 11.3 Å². The second-order valence-electron chi connectivity index (χ2n) is 5.46. The summed E-state index contributed by atoms with van der Waals surface area (Å²) in [6.45, 7) is 1.98. The van der Waals surface area contributed by atoms with E-state index in [-0.39, 0.29) is 18.2 Å². The van der Waals surface area contributed by atoms with Gasteiger partial charge in [-0.2, -0.15) is 5.10 Å². The summed E-state index contributed by atoms with van der Waals surface area (Å²) in [7, 11) is 1.48. The fourth-order valence-corrected chi connectivity index (χ4v) is 2.54. The third-order valence-electron chi connectivity index (χ3n) is 3.75. The average molecular weight is 338 g/mol. The van der Waals surface area contributed by atoms with E-state index in [1.54, 1.807) is 12.1 Å². The number of carbonyl (C=O) groups excluding carboxylic acids is 1. The number of fused-ring (bicyclic) bond motifs is 1. The molecule has 0 fully saturated rings. The van der Waals surface area contributed by atoms with Crippen LogP contribution < -0.4 is 10.2 Å². The molecule has 2 aromatic carbocycles. The van der Waals surface area contributed by atoms with Gasteiger partial charge in [-0.3, -0.25) is 4.79 Å². The molecular weight excluding hydrogens is 320 g/mol. The molecule has 0 aliphatic rings. The Labute approximate surface area is 144 Å². The fourth-order valence-electron chi connectivity index (χ4n) is 2.54. The number of carbonyl (C=O) groups is 1. The monoisotopic (exact) mass is 338 g/mol. The number of aromatic hydroxyl groups is 1. The number of aryl methyl sites for hydroxylation is 1. The van der Waals surface area contributed by atoms with Gasteiger partial charge in [-0.05, 0) is 42.8 Å². The lowest BCUT2D eigenvalue weighted by Crippen LogP contribution is -2.23. The number of methoxy groups -OCH3 is 1. The van der Waals surface area contributed by atoms with Gasteiger partial charge in [0.1, 0.15) is 12.4 Å². The molecule has 0 saturated carbocycles. The minimum atomic E-state index is -0.264. The van der Waals surface area contributed by atoms with E-state index in [0.717, 1.165) is 16.9 Å². The maximum atomic E-state index is 12.1. The quantitative estimate of drug-likeness (QED) is 0.551. The first-order valence-corrected chi connectivity index (χ1v) is 7.69. The third kappa shape index (κ3) is 3.60. The summed E-state index contributed by atoms with van der Waals surface area (Å²) in [5.74, 6) is 0.891. The topological polar surface area (TPSA) is 88.7 Å². The van der Waals surface area contributed by atoms with E-state index in [4.69, 9.17) is 4.74 Å². The Morgan fingerprint density at radius 1 is 1.36 bits per heavy atom. The minimum Gasteiger partial charge on any atom is -0.504 e. The van der Waals surface area contributed by atoms with Crippen molar-refractivity contribution in [2.45, 2.75) is 13.5 Å². The Hall–Kier alpha value is -3.35. The van der Waals surface area contributed by atoms with E-state index >= 15 is 0 Å². The summed E-state index contributed by atoms with van der Waals surface area (Å²) < 4.78 is 6.81. The van der Waals surface area contributed by atoms with Crippen LogP contribution in [0.1, 0.15) is 11.4 Å². The number of imidazole rings is 1. The highest BCUT2D eigenvalue weighted by atomic mass is 16.5. The third-order valence-corrected chi connectivity index (χ3v) is 3.75. The maximum absolute atomic E-state index is 12.1. The van der Waals surface area contributed by atoms with Gasteiger partial charge in [0, 0.05) is 0 Å². The molecule has 0 unspecified atom stereocenters. The zero-order chi connectivity index (χ0) is 17.8. The molecule has 7 heteroatoms. The van der Waals surface area contributed by atoms with Gasteiger partial charge < -0.3 is 14.4 Å². The van der Waals surface area contributed by atoms with Gasteiger partial charge >= 0.3 is 0 Å². The summed E-state index contributed by atoms with van der Waals surface area (Å²) in [6, 6.07) is 12.5. The Bertz CT molecular complexity index is 947. The lowest BCUT2D eigenvalue weighted by Gasteiger charge is -2.05. The molecule has 3 aromatic rings. The highest BCUT2D eigenvalue weighted by Crippen LogP contribution is 2.25. The second kappa shape index (κ2) is 7.04. The van der Waals surface area contributed by atoms with Crippen LogP contribution in [0.5, 0.6) is 11.5 Å². The van der Waals surface area contributed by atoms with Gasteiger partial charge in [0.25, 0.3) is 5.91 Å². The highest BCUT2D eigenvalue weighted by molar-refractivity contribution is 5.84. The number of phenols is 1. The largest absolute Gasteiger partial charge is 0.504 e. The number of amides is 1. The van der Waals surface area contributed by atoms with Crippen molar-refractivity contribution in [2.75, 3.05) is 7.11 Å². The molecule has 1 amide bonds. The second-order valence-corrected chi connectivity index (χ2v) is 5.46. The molecule has 0 bridgehead atoms. The van der Waals surface area contributed by atoms with Crippen LogP contribution in [0, 0.1) is 6.92 Å². The Kier molecular flexibility index (Phi) is 4.65. The number of benzene rings is 2. The molecule has 0 saturated heterocycles. The summed E-state index contributed by atoms with van der Waals surface area (Å²) in [5.41, 5.74) is 4.87. The zero-order valence-corrected chi connectivity index (χ0v) is 13.9. The zero-order valence-electron chi connectivity index (χ0n) is 13.9. The number of phenolic OH excluding ortho intramolecular Hbond substituents is 1. The number of aromatic nitrogens is 2. The molecule has 0 spiro atoms. The van der Waals surface area contributed by atoms with E-state index in [1.165, 1.54) is 19.4 Å². The van der Waals surface area contributed by atoms with Gasteiger partial charge in [0.15, 0.2) is 11.5 Å². The molecule has 2 N–H and O–H groups in total. The summed E-state index contributed by atoms with van der Waals surface area (Å²) in [4.78, 5) is 16.5. The molecule has 1 aromatic heterocycles. The van der Waals surface area contributed by atoms with Crippen LogP contribution in [0.3, 0.4) is 0 Å². The van der Waals surface area contributed by atoms with Crippen LogP contribution in [0.25, 0.3) is 11.0 Å². The van der Waals surface area contributed by atoms with Crippen LogP contribution in [0.4, 0.5) is 0 Å². The lowest BCUT2D eigenvalue weighted by molar-refractivity contribution is -0.121. The molecule has 0 aliphatic heterocycles. The standard InChI is InChI=1S/C18H18N4O3/c1-12-20-14-5-3-4-6-15(14)22(12)11-18(24)21-19-10-13-7-8-17(25-2)16(23)9-13/h3-10,23H,11H2,1-2H3,(H,21,24)/b19-10-. The molecule has 3 rings (SSSR count). The van der Waals surface area contributed by atoms with Crippen molar-refractivity contribution in [1.29, 1.82) is 0 Å².